The van der Waals surface area contributed by atoms with Crippen molar-refractivity contribution in [1.29, 1.82) is 0 Å². The van der Waals surface area contributed by atoms with Crippen LogP contribution in [-0.4, -0.2) is 32.0 Å². The molecule has 0 radical (unpaired) electrons. The molecule has 18 heavy (non-hydrogen) atoms. The maximum Gasteiger partial charge on any atom is 0.252 e. The second-order valence-corrected chi connectivity index (χ2v) is 4.53. The molecule has 0 saturated carbocycles. The Morgan fingerprint density at radius 2 is 2.11 bits per heavy atom. The van der Waals surface area contributed by atoms with Crippen LogP contribution < -0.4 is 16.0 Å². The van der Waals surface area contributed by atoms with Crippen molar-refractivity contribution in [3.8, 4) is 0 Å². The summed E-state index contributed by atoms with van der Waals surface area (Å²) in [5.41, 5.74) is 0.929. The first kappa shape index (κ1) is 12.9. The SMILES string of the molecule is CNC(=O)c1cc(NC(=O)C2CNC2)ccc1Cl. The molecule has 1 aromatic rings. The summed E-state index contributed by atoms with van der Waals surface area (Å²) in [6.45, 7) is 1.39. The van der Waals surface area contributed by atoms with E-state index in [9.17, 15) is 9.59 Å². The van der Waals surface area contributed by atoms with Gasteiger partial charge in [0.05, 0.1) is 16.5 Å². The molecule has 1 aromatic carbocycles. The molecule has 5 nitrogen and oxygen atoms in total. The third-order valence-electron chi connectivity index (χ3n) is 2.86. The van der Waals surface area contributed by atoms with Crippen molar-refractivity contribution in [3.63, 3.8) is 0 Å². The van der Waals surface area contributed by atoms with E-state index in [2.05, 4.69) is 16.0 Å². The molecule has 1 aliphatic rings. The normalized spacial score (nSPS) is 14.8. The highest BCUT2D eigenvalue weighted by Gasteiger charge is 2.25. The zero-order chi connectivity index (χ0) is 13.1. The molecule has 96 valence electrons. The van der Waals surface area contributed by atoms with Gasteiger partial charge in [0, 0.05) is 25.8 Å². The summed E-state index contributed by atoms with van der Waals surface area (Å²) in [5.74, 6) is -0.315. The van der Waals surface area contributed by atoms with Gasteiger partial charge in [-0.3, -0.25) is 9.59 Å². The molecular formula is C12H14ClN3O2. The quantitative estimate of drug-likeness (QED) is 0.761. The van der Waals surface area contributed by atoms with Crippen LogP contribution in [0, 0.1) is 5.92 Å². The van der Waals surface area contributed by atoms with Crippen LogP contribution in [0.4, 0.5) is 5.69 Å². The first-order valence-electron chi connectivity index (χ1n) is 5.65. The molecule has 1 heterocycles. The van der Waals surface area contributed by atoms with Crippen molar-refractivity contribution in [3.05, 3.63) is 28.8 Å². The third kappa shape index (κ3) is 2.63. The predicted octanol–water partition coefficient (Wildman–Crippen LogP) is 0.858. The summed E-state index contributed by atoms with van der Waals surface area (Å²) < 4.78 is 0. The molecule has 1 aliphatic heterocycles. The highest BCUT2D eigenvalue weighted by atomic mass is 35.5. The lowest BCUT2D eigenvalue weighted by Crippen LogP contribution is -2.48. The molecule has 0 atom stereocenters. The Morgan fingerprint density at radius 1 is 1.39 bits per heavy atom. The van der Waals surface area contributed by atoms with Gasteiger partial charge in [-0.15, -0.1) is 0 Å². The van der Waals surface area contributed by atoms with Gasteiger partial charge < -0.3 is 16.0 Å². The lowest BCUT2D eigenvalue weighted by molar-refractivity contribution is -0.121. The molecule has 2 rings (SSSR count). The van der Waals surface area contributed by atoms with E-state index in [4.69, 9.17) is 11.6 Å². The zero-order valence-electron chi connectivity index (χ0n) is 9.92. The van der Waals surface area contributed by atoms with Crippen molar-refractivity contribution >= 4 is 29.1 Å². The van der Waals surface area contributed by atoms with E-state index in [-0.39, 0.29) is 17.7 Å². The molecule has 6 heteroatoms. The monoisotopic (exact) mass is 267 g/mol. The van der Waals surface area contributed by atoms with Crippen molar-refractivity contribution < 1.29 is 9.59 Å². The number of benzene rings is 1. The van der Waals surface area contributed by atoms with Gasteiger partial charge in [0.15, 0.2) is 0 Å². The number of carbonyl (C=O) groups excluding carboxylic acids is 2. The summed E-state index contributed by atoms with van der Waals surface area (Å²) >= 11 is 5.92. The number of amides is 2. The van der Waals surface area contributed by atoms with Gasteiger partial charge in [-0.05, 0) is 18.2 Å². The first-order valence-corrected chi connectivity index (χ1v) is 6.03. The molecule has 2 amide bonds. The number of hydrogen-bond donors (Lipinski definition) is 3. The maximum absolute atomic E-state index is 11.7. The molecule has 1 fully saturated rings. The largest absolute Gasteiger partial charge is 0.355 e. The highest BCUT2D eigenvalue weighted by Crippen LogP contribution is 2.21. The smallest absolute Gasteiger partial charge is 0.252 e. The van der Waals surface area contributed by atoms with Crippen molar-refractivity contribution in [1.82, 2.24) is 10.6 Å². The fraction of sp³-hybridized carbons (Fsp3) is 0.333. The molecular weight excluding hydrogens is 254 g/mol. The lowest BCUT2D eigenvalue weighted by Gasteiger charge is -2.25. The van der Waals surface area contributed by atoms with Gasteiger partial charge in [-0.25, -0.2) is 0 Å². The molecule has 0 spiro atoms. The molecule has 0 unspecified atom stereocenters. The predicted molar refractivity (Wildman–Crippen MR) is 69.8 cm³/mol. The summed E-state index contributed by atoms with van der Waals surface area (Å²) in [5, 5.41) is 8.66. The van der Waals surface area contributed by atoms with E-state index in [1.165, 1.54) is 7.05 Å². The van der Waals surface area contributed by atoms with Gasteiger partial charge in [0.25, 0.3) is 5.91 Å². The van der Waals surface area contributed by atoms with E-state index in [0.717, 1.165) is 0 Å². The minimum Gasteiger partial charge on any atom is -0.355 e. The fourth-order valence-corrected chi connectivity index (χ4v) is 1.83. The fourth-order valence-electron chi connectivity index (χ4n) is 1.63. The molecule has 0 aromatic heterocycles. The Labute approximate surface area is 110 Å². The van der Waals surface area contributed by atoms with Crippen LogP contribution in [0.2, 0.25) is 5.02 Å². The second kappa shape index (κ2) is 5.37. The van der Waals surface area contributed by atoms with Crippen LogP contribution in [0.3, 0.4) is 0 Å². The molecule has 1 saturated heterocycles. The number of carbonyl (C=O) groups is 2. The maximum atomic E-state index is 11.7. The van der Waals surface area contributed by atoms with Gasteiger partial charge in [0.2, 0.25) is 5.91 Å². The third-order valence-corrected chi connectivity index (χ3v) is 3.19. The minimum absolute atomic E-state index is 0.00382. The van der Waals surface area contributed by atoms with E-state index in [0.29, 0.717) is 29.4 Å². The standard InChI is InChI=1S/C12H14ClN3O2/c1-14-12(18)9-4-8(2-3-10(9)13)16-11(17)7-5-15-6-7/h2-4,7,15H,5-6H2,1H3,(H,14,18)(H,16,17). The van der Waals surface area contributed by atoms with Crippen LogP contribution in [0.25, 0.3) is 0 Å². The molecule has 3 N–H and O–H groups in total. The highest BCUT2D eigenvalue weighted by molar-refractivity contribution is 6.34. The van der Waals surface area contributed by atoms with Crippen LogP contribution in [0.15, 0.2) is 18.2 Å². The Bertz CT molecular complexity index is 486. The van der Waals surface area contributed by atoms with E-state index >= 15 is 0 Å². The zero-order valence-corrected chi connectivity index (χ0v) is 10.7. The van der Waals surface area contributed by atoms with Crippen LogP contribution in [0.5, 0.6) is 0 Å². The summed E-state index contributed by atoms with van der Waals surface area (Å²) in [7, 11) is 1.53. The van der Waals surface area contributed by atoms with Crippen LogP contribution in [0.1, 0.15) is 10.4 Å². The van der Waals surface area contributed by atoms with Gasteiger partial charge in [-0.2, -0.15) is 0 Å². The molecule has 0 bridgehead atoms. The van der Waals surface area contributed by atoms with E-state index in [1.807, 2.05) is 0 Å². The number of rotatable bonds is 3. The van der Waals surface area contributed by atoms with E-state index < -0.39 is 0 Å². The van der Waals surface area contributed by atoms with Gasteiger partial charge >= 0.3 is 0 Å². The van der Waals surface area contributed by atoms with Crippen LogP contribution in [-0.2, 0) is 4.79 Å². The number of hydrogen-bond acceptors (Lipinski definition) is 3. The Hall–Kier alpha value is -1.59. The number of anilines is 1. The Balaban J connectivity index is 2.13. The topological polar surface area (TPSA) is 70.2 Å². The average Bonchev–Trinajstić information content (AvgIpc) is 2.28. The van der Waals surface area contributed by atoms with E-state index in [1.54, 1.807) is 18.2 Å². The summed E-state index contributed by atoms with van der Waals surface area (Å²) in [6.07, 6.45) is 0. The Morgan fingerprint density at radius 3 is 2.67 bits per heavy atom. The van der Waals surface area contributed by atoms with Gasteiger partial charge in [-0.1, -0.05) is 11.6 Å². The van der Waals surface area contributed by atoms with Crippen LogP contribution >= 0.6 is 11.6 Å². The molecule has 0 aliphatic carbocycles. The summed E-state index contributed by atoms with van der Waals surface area (Å²) in [4.78, 5) is 23.3. The Kier molecular flexibility index (Phi) is 3.84. The summed E-state index contributed by atoms with van der Waals surface area (Å²) in [6, 6.07) is 4.85. The first-order chi connectivity index (χ1) is 8.61. The van der Waals surface area contributed by atoms with Crippen molar-refractivity contribution in [2.45, 2.75) is 0 Å². The minimum atomic E-state index is -0.276. The van der Waals surface area contributed by atoms with Gasteiger partial charge in [0.1, 0.15) is 0 Å². The average molecular weight is 268 g/mol. The second-order valence-electron chi connectivity index (χ2n) is 4.12. The van der Waals surface area contributed by atoms with Crippen molar-refractivity contribution in [2.24, 2.45) is 5.92 Å². The number of nitrogens with one attached hydrogen (secondary N) is 3. The lowest BCUT2D eigenvalue weighted by atomic mass is 10.0. The number of halogens is 1. The van der Waals surface area contributed by atoms with Crippen molar-refractivity contribution in [2.75, 3.05) is 25.5 Å².